The number of nitrogens with zero attached hydrogens (tertiary/aromatic N) is 1. The summed E-state index contributed by atoms with van der Waals surface area (Å²) in [5.41, 5.74) is 2.00. The Kier molecular flexibility index (Phi) is 3.58. The number of carbonyl (C=O) groups excluding carboxylic acids is 1. The van der Waals surface area contributed by atoms with Crippen LogP contribution in [-0.2, 0) is 16.0 Å². The van der Waals surface area contributed by atoms with Crippen molar-refractivity contribution in [2.45, 2.75) is 6.42 Å². The fraction of sp³-hybridized carbons (Fsp3) is 0.0588. The highest BCUT2D eigenvalue weighted by atomic mass is 19.1. The highest BCUT2D eigenvalue weighted by molar-refractivity contribution is 5.76. The summed E-state index contributed by atoms with van der Waals surface area (Å²) in [4.78, 5) is 15.6. The Bertz CT molecular complexity index is 859. The van der Waals surface area contributed by atoms with Gasteiger partial charge in [0.15, 0.2) is 5.58 Å². The molecule has 1 aromatic heterocycles. The molecule has 3 rings (SSSR count). The van der Waals surface area contributed by atoms with Crippen molar-refractivity contribution in [3.05, 3.63) is 53.8 Å². The highest BCUT2D eigenvalue weighted by Crippen LogP contribution is 2.25. The van der Waals surface area contributed by atoms with Crippen LogP contribution in [0, 0.1) is 18.3 Å². The third-order valence-electron chi connectivity index (χ3n) is 3.10. The van der Waals surface area contributed by atoms with Gasteiger partial charge in [-0.2, -0.15) is 0 Å². The Morgan fingerprint density at radius 3 is 2.86 bits per heavy atom. The zero-order chi connectivity index (χ0) is 15.5. The largest absolute Gasteiger partial charge is 0.436 e. The van der Waals surface area contributed by atoms with Crippen LogP contribution in [0.25, 0.3) is 22.6 Å². The van der Waals surface area contributed by atoms with Crippen LogP contribution < -0.4 is 0 Å². The first kappa shape index (κ1) is 13.8. The van der Waals surface area contributed by atoms with E-state index in [0.29, 0.717) is 22.6 Å². The second-order valence-electron chi connectivity index (χ2n) is 4.56. The molecular weight excluding hydrogens is 285 g/mol. The molecular formula is C17H10FNO3. The quantitative estimate of drug-likeness (QED) is 0.549. The van der Waals surface area contributed by atoms with Crippen molar-refractivity contribution in [2.75, 3.05) is 0 Å². The van der Waals surface area contributed by atoms with Crippen LogP contribution in [0.2, 0.25) is 0 Å². The van der Waals surface area contributed by atoms with E-state index in [1.54, 1.807) is 18.2 Å². The number of hydrogen-bond donors (Lipinski definition) is 0. The van der Waals surface area contributed by atoms with E-state index in [2.05, 4.69) is 9.72 Å². The van der Waals surface area contributed by atoms with Gasteiger partial charge in [-0.25, -0.2) is 9.37 Å². The lowest BCUT2D eigenvalue weighted by atomic mass is 10.1. The van der Waals surface area contributed by atoms with Crippen molar-refractivity contribution in [1.82, 2.24) is 4.98 Å². The number of fused-ring (bicyclic) bond motifs is 1. The first-order valence-corrected chi connectivity index (χ1v) is 6.47. The fourth-order valence-electron chi connectivity index (χ4n) is 2.08. The lowest BCUT2D eigenvalue weighted by molar-refractivity contribution is -0.136. The van der Waals surface area contributed by atoms with Gasteiger partial charge in [0.25, 0.3) is 0 Å². The Balaban J connectivity index is 1.91. The number of aromatic nitrogens is 1. The molecule has 22 heavy (non-hydrogen) atoms. The number of oxazole rings is 1. The maximum atomic E-state index is 14.1. The molecule has 0 radical (unpaired) electrons. The smallest absolute Gasteiger partial charge is 0.324 e. The van der Waals surface area contributed by atoms with Crippen LogP contribution in [0.5, 0.6) is 0 Å². The van der Waals surface area contributed by atoms with Crippen molar-refractivity contribution in [3.63, 3.8) is 0 Å². The van der Waals surface area contributed by atoms with Gasteiger partial charge in [0.05, 0.1) is 6.42 Å². The Morgan fingerprint density at radius 2 is 2.14 bits per heavy atom. The van der Waals surface area contributed by atoms with E-state index < -0.39 is 11.8 Å². The minimum absolute atomic E-state index is 0.195. The van der Waals surface area contributed by atoms with Gasteiger partial charge in [-0.05, 0) is 29.8 Å². The van der Waals surface area contributed by atoms with E-state index in [1.165, 1.54) is 12.1 Å². The molecule has 0 N–H and O–H groups in total. The monoisotopic (exact) mass is 295 g/mol. The van der Waals surface area contributed by atoms with Gasteiger partial charge >= 0.3 is 5.97 Å². The lowest BCUT2D eigenvalue weighted by Gasteiger charge is -2.02. The van der Waals surface area contributed by atoms with Gasteiger partial charge < -0.3 is 9.15 Å². The zero-order valence-electron chi connectivity index (χ0n) is 11.4. The molecule has 0 aliphatic heterocycles. The number of terminal acetylenes is 1. The van der Waals surface area contributed by atoms with Crippen molar-refractivity contribution in [3.8, 4) is 24.0 Å². The minimum atomic E-state index is -0.684. The molecule has 0 bridgehead atoms. The normalized spacial score (nSPS) is 10.4. The molecule has 5 heteroatoms. The molecule has 0 aliphatic rings. The first-order chi connectivity index (χ1) is 10.7. The minimum Gasteiger partial charge on any atom is -0.436 e. The molecule has 0 saturated heterocycles. The summed E-state index contributed by atoms with van der Waals surface area (Å²) in [5.74, 6) is -0.914. The molecule has 0 saturated carbocycles. The Labute approximate surface area is 125 Å². The molecule has 4 nitrogen and oxygen atoms in total. The van der Waals surface area contributed by atoms with E-state index in [-0.39, 0.29) is 12.0 Å². The Morgan fingerprint density at radius 1 is 1.32 bits per heavy atom. The van der Waals surface area contributed by atoms with Crippen LogP contribution >= 0.6 is 0 Å². The van der Waals surface area contributed by atoms with Crippen LogP contribution in [0.1, 0.15) is 5.56 Å². The molecule has 0 aliphatic carbocycles. The van der Waals surface area contributed by atoms with Gasteiger partial charge in [0.2, 0.25) is 5.89 Å². The van der Waals surface area contributed by atoms with Gasteiger partial charge in [-0.1, -0.05) is 24.6 Å². The first-order valence-electron chi connectivity index (χ1n) is 6.47. The van der Waals surface area contributed by atoms with Gasteiger partial charge in [-0.3, -0.25) is 4.79 Å². The zero-order valence-corrected chi connectivity index (χ0v) is 11.4. The number of para-hydroxylation sites is 2. The molecule has 108 valence electrons. The summed E-state index contributed by atoms with van der Waals surface area (Å²) in [6, 6.07) is 11.6. The molecule has 1 heterocycles. The number of hydrogen-bond acceptors (Lipinski definition) is 4. The summed E-state index contributed by atoms with van der Waals surface area (Å²) < 4.78 is 24.0. The summed E-state index contributed by atoms with van der Waals surface area (Å²) in [7, 11) is 0. The van der Waals surface area contributed by atoms with Crippen molar-refractivity contribution < 1.29 is 18.3 Å². The van der Waals surface area contributed by atoms with Gasteiger partial charge in [-0.15, -0.1) is 0 Å². The maximum Gasteiger partial charge on any atom is 0.324 e. The SMILES string of the molecule is C#COC(=O)Cc1ccc(-c2nc3ccccc3o2)cc1F. The van der Waals surface area contributed by atoms with Gasteiger partial charge in [0, 0.05) is 5.56 Å². The fourth-order valence-corrected chi connectivity index (χ4v) is 2.08. The van der Waals surface area contributed by atoms with Crippen molar-refractivity contribution in [1.29, 1.82) is 0 Å². The third-order valence-corrected chi connectivity index (χ3v) is 3.10. The maximum absolute atomic E-state index is 14.1. The van der Waals surface area contributed by atoms with Crippen LogP contribution in [0.4, 0.5) is 4.39 Å². The van der Waals surface area contributed by atoms with Gasteiger partial charge in [0.1, 0.15) is 17.4 Å². The summed E-state index contributed by atoms with van der Waals surface area (Å²) >= 11 is 0. The van der Waals surface area contributed by atoms with Crippen LogP contribution in [-0.4, -0.2) is 11.0 Å². The van der Waals surface area contributed by atoms with Crippen molar-refractivity contribution in [2.24, 2.45) is 0 Å². The van der Waals surface area contributed by atoms with E-state index in [1.807, 2.05) is 18.2 Å². The number of benzene rings is 2. The number of halogens is 1. The third kappa shape index (κ3) is 2.67. The number of esters is 1. The van der Waals surface area contributed by atoms with E-state index in [9.17, 15) is 9.18 Å². The summed E-state index contributed by atoms with van der Waals surface area (Å²) in [6.45, 7) is 0. The highest BCUT2D eigenvalue weighted by Gasteiger charge is 2.13. The number of ether oxygens (including phenoxy) is 1. The number of rotatable bonds is 3. The predicted molar refractivity (Wildman–Crippen MR) is 78.0 cm³/mol. The molecule has 3 aromatic rings. The van der Waals surface area contributed by atoms with Crippen molar-refractivity contribution >= 4 is 17.1 Å². The van der Waals surface area contributed by atoms with E-state index in [0.717, 1.165) is 0 Å². The Hall–Kier alpha value is -3.13. The average molecular weight is 295 g/mol. The molecule has 0 spiro atoms. The molecule has 0 amide bonds. The standard InChI is InChI=1S/C17H10FNO3/c1-2-21-16(20)10-11-7-8-12(9-13(11)18)17-19-14-5-3-4-6-15(14)22-17/h1,3-9H,10H2. The van der Waals surface area contributed by atoms with Crippen LogP contribution in [0.3, 0.4) is 0 Å². The predicted octanol–water partition coefficient (Wildman–Crippen LogP) is 3.31. The second-order valence-corrected chi connectivity index (χ2v) is 4.56. The van der Waals surface area contributed by atoms with E-state index in [4.69, 9.17) is 10.8 Å². The van der Waals surface area contributed by atoms with E-state index >= 15 is 0 Å². The molecule has 0 fully saturated rings. The summed E-state index contributed by atoms with van der Waals surface area (Å²) in [6.07, 6.45) is 6.38. The molecule has 2 aromatic carbocycles. The average Bonchev–Trinajstić information content (AvgIpc) is 2.93. The molecule has 0 unspecified atom stereocenters. The number of carbonyl (C=O) groups is 1. The lowest BCUT2D eigenvalue weighted by Crippen LogP contribution is -2.05. The van der Waals surface area contributed by atoms with Crippen LogP contribution in [0.15, 0.2) is 46.9 Å². The second kappa shape index (κ2) is 5.70. The molecule has 0 atom stereocenters. The topological polar surface area (TPSA) is 52.3 Å². The summed E-state index contributed by atoms with van der Waals surface area (Å²) in [5, 5.41) is 0.